The van der Waals surface area contributed by atoms with Crippen molar-refractivity contribution in [1.29, 1.82) is 0 Å². The predicted octanol–water partition coefficient (Wildman–Crippen LogP) is 3.08. The number of carbonyl (C=O) groups is 1. The lowest BCUT2D eigenvalue weighted by Gasteiger charge is -2.28. The quantitative estimate of drug-likeness (QED) is 0.599. The topological polar surface area (TPSA) is 75.9 Å². The van der Waals surface area contributed by atoms with E-state index in [9.17, 15) is 9.59 Å². The molecule has 0 saturated carbocycles. The summed E-state index contributed by atoms with van der Waals surface area (Å²) in [5, 5.41) is 0.437. The summed E-state index contributed by atoms with van der Waals surface area (Å²) in [6.45, 7) is 7.19. The van der Waals surface area contributed by atoms with Gasteiger partial charge in [0.1, 0.15) is 11.3 Å². The van der Waals surface area contributed by atoms with Crippen LogP contribution in [0.4, 0.5) is 0 Å². The van der Waals surface area contributed by atoms with Gasteiger partial charge in [-0.3, -0.25) is 14.6 Å². The Kier molecular flexibility index (Phi) is 5.55. The number of fused-ring (bicyclic) bond motifs is 2. The number of carbonyl (C=O) groups excluding carboxylic acids is 1. The van der Waals surface area contributed by atoms with Gasteiger partial charge in [-0.2, -0.15) is 0 Å². The van der Waals surface area contributed by atoms with Crippen LogP contribution in [0.2, 0.25) is 0 Å². The largest absolute Gasteiger partial charge is 0.497 e. The van der Waals surface area contributed by atoms with E-state index in [-0.39, 0.29) is 17.1 Å². The Hall–Kier alpha value is -3.19. The van der Waals surface area contributed by atoms with Gasteiger partial charge in [0.2, 0.25) is 5.76 Å². The molecule has 7 heteroatoms. The molecular weight excluding hydrogens is 382 g/mol. The molecule has 7 nitrogen and oxygen atoms in total. The van der Waals surface area contributed by atoms with E-state index in [1.807, 2.05) is 12.1 Å². The van der Waals surface area contributed by atoms with Crippen molar-refractivity contribution >= 4 is 16.9 Å². The van der Waals surface area contributed by atoms with Crippen molar-refractivity contribution in [1.82, 2.24) is 14.8 Å². The van der Waals surface area contributed by atoms with E-state index in [1.54, 1.807) is 42.6 Å². The smallest absolute Gasteiger partial charge is 0.290 e. The maximum Gasteiger partial charge on any atom is 0.290 e. The zero-order valence-electron chi connectivity index (χ0n) is 17.4. The molecule has 0 fully saturated rings. The summed E-state index contributed by atoms with van der Waals surface area (Å²) in [6.07, 6.45) is 3.35. The summed E-state index contributed by atoms with van der Waals surface area (Å²) in [5.74, 6) is 0.419. The second kappa shape index (κ2) is 8.28. The summed E-state index contributed by atoms with van der Waals surface area (Å²) in [5.41, 5.74) is 1.40. The molecule has 0 spiro atoms. The van der Waals surface area contributed by atoms with Crippen LogP contribution in [0, 0.1) is 0 Å². The van der Waals surface area contributed by atoms with E-state index < -0.39 is 6.04 Å². The highest BCUT2D eigenvalue weighted by atomic mass is 16.5. The lowest BCUT2D eigenvalue weighted by molar-refractivity contribution is 0.0708. The molecule has 0 N–H and O–H groups in total. The number of methoxy groups -OCH3 is 1. The molecule has 4 rings (SSSR count). The summed E-state index contributed by atoms with van der Waals surface area (Å²) < 4.78 is 11.2. The third-order valence-electron chi connectivity index (χ3n) is 5.75. The van der Waals surface area contributed by atoms with Crippen LogP contribution in [0.3, 0.4) is 0 Å². The fraction of sp³-hybridized carbons (Fsp3) is 0.348. The molecule has 2 aromatic heterocycles. The second-order valence-electron chi connectivity index (χ2n) is 7.24. The minimum Gasteiger partial charge on any atom is -0.497 e. The van der Waals surface area contributed by atoms with Gasteiger partial charge < -0.3 is 19.0 Å². The molecule has 1 aromatic carbocycles. The molecular formula is C23H25N3O4. The Morgan fingerprint density at radius 3 is 2.53 bits per heavy atom. The standard InChI is InChI=1S/C23H25N3O4/c1-4-25(5-2)12-13-26-20(15-8-10-24-11-9-15)19-21(27)17-7-6-16(29-3)14-18(17)30-22(19)23(26)28/h6-11,14,20H,4-5,12-13H2,1-3H3. The number of ether oxygens (including phenoxy) is 1. The molecule has 156 valence electrons. The van der Waals surface area contributed by atoms with Gasteiger partial charge in [0.05, 0.1) is 24.1 Å². The van der Waals surface area contributed by atoms with Crippen LogP contribution in [0.1, 0.15) is 41.6 Å². The minimum atomic E-state index is -0.492. The summed E-state index contributed by atoms with van der Waals surface area (Å²) in [4.78, 5) is 34.9. The van der Waals surface area contributed by atoms with Crippen LogP contribution < -0.4 is 10.2 Å². The summed E-state index contributed by atoms with van der Waals surface area (Å²) in [6, 6.07) is 8.25. The Morgan fingerprint density at radius 2 is 1.87 bits per heavy atom. The van der Waals surface area contributed by atoms with Crippen molar-refractivity contribution < 1.29 is 13.9 Å². The SMILES string of the molecule is CCN(CC)CCN1C(=O)c2oc3cc(OC)ccc3c(=O)c2C1c1ccncc1. The van der Waals surface area contributed by atoms with Gasteiger partial charge >= 0.3 is 0 Å². The minimum absolute atomic E-state index is 0.113. The van der Waals surface area contributed by atoms with Crippen molar-refractivity contribution in [3.8, 4) is 5.75 Å². The van der Waals surface area contributed by atoms with Crippen LogP contribution in [-0.2, 0) is 0 Å². The average molecular weight is 407 g/mol. The molecule has 30 heavy (non-hydrogen) atoms. The zero-order valence-corrected chi connectivity index (χ0v) is 17.4. The van der Waals surface area contributed by atoms with Crippen molar-refractivity contribution in [2.45, 2.75) is 19.9 Å². The average Bonchev–Trinajstić information content (AvgIpc) is 3.06. The Bertz CT molecular complexity index is 1120. The van der Waals surface area contributed by atoms with Crippen LogP contribution in [0.15, 0.2) is 51.9 Å². The van der Waals surface area contributed by atoms with Crippen molar-refractivity contribution in [3.05, 3.63) is 69.8 Å². The van der Waals surface area contributed by atoms with Crippen molar-refractivity contribution in [2.24, 2.45) is 0 Å². The molecule has 0 saturated heterocycles. The molecule has 1 unspecified atom stereocenters. The number of benzene rings is 1. The molecule has 1 aliphatic rings. The van der Waals surface area contributed by atoms with E-state index in [1.165, 1.54) is 0 Å². The molecule has 3 heterocycles. The highest BCUT2D eigenvalue weighted by molar-refractivity contribution is 5.99. The van der Waals surface area contributed by atoms with Gasteiger partial charge in [-0.05, 0) is 42.9 Å². The Labute approximate surface area is 174 Å². The molecule has 0 aliphatic carbocycles. The molecule has 1 amide bonds. The number of pyridine rings is 1. The fourth-order valence-electron chi connectivity index (χ4n) is 4.04. The molecule has 1 aliphatic heterocycles. The maximum absolute atomic E-state index is 13.4. The van der Waals surface area contributed by atoms with Gasteiger partial charge in [0.25, 0.3) is 5.91 Å². The van der Waals surface area contributed by atoms with E-state index >= 15 is 0 Å². The lowest BCUT2D eigenvalue weighted by atomic mass is 9.99. The monoisotopic (exact) mass is 407 g/mol. The second-order valence-corrected chi connectivity index (χ2v) is 7.24. The first-order valence-corrected chi connectivity index (χ1v) is 10.2. The molecule has 3 aromatic rings. The van der Waals surface area contributed by atoms with Crippen LogP contribution in [0.25, 0.3) is 11.0 Å². The molecule has 0 bridgehead atoms. The lowest BCUT2D eigenvalue weighted by Crippen LogP contribution is -2.37. The first kappa shape index (κ1) is 20.1. The summed E-state index contributed by atoms with van der Waals surface area (Å²) >= 11 is 0. The van der Waals surface area contributed by atoms with Crippen LogP contribution >= 0.6 is 0 Å². The number of hydrogen-bond acceptors (Lipinski definition) is 6. The number of amides is 1. The number of nitrogens with zero attached hydrogens (tertiary/aromatic N) is 3. The first-order valence-electron chi connectivity index (χ1n) is 10.2. The van der Waals surface area contributed by atoms with E-state index in [0.29, 0.717) is 28.8 Å². The summed E-state index contributed by atoms with van der Waals surface area (Å²) in [7, 11) is 1.55. The molecule has 0 radical (unpaired) electrons. The predicted molar refractivity (Wildman–Crippen MR) is 114 cm³/mol. The van der Waals surface area contributed by atoms with Gasteiger partial charge in [-0.25, -0.2) is 0 Å². The highest BCUT2D eigenvalue weighted by Crippen LogP contribution is 2.38. The van der Waals surface area contributed by atoms with E-state index in [2.05, 4.69) is 23.7 Å². The van der Waals surface area contributed by atoms with Gasteiger partial charge in [0.15, 0.2) is 5.43 Å². The normalized spacial score (nSPS) is 15.8. The van der Waals surface area contributed by atoms with E-state index in [0.717, 1.165) is 25.2 Å². The first-order chi connectivity index (χ1) is 14.6. The van der Waals surface area contributed by atoms with Gasteiger partial charge in [-0.1, -0.05) is 13.8 Å². The fourth-order valence-corrected chi connectivity index (χ4v) is 4.04. The van der Waals surface area contributed by atoms with Gasteiger partial charge in [-0.15, -0.1) is 0 Å². The highest BCUT2D eigenvalue weighted by Gasteiger charge is 2.42. The number of rotatable bonds is 7. The maximum atomic E-state index is 13.4. The molecule has 1 atom stereocenters. The Morgan fingerprint density at radius 1 is 1.13 bits per heavy atom. The van der Waals surface area contributed by atoms with Crippen LogP contribution in [0.5, 0.6) is 5.75 Å². The van der Waals surface area contributed by atoms with Crippen molar-refractivity contribution in [3.63, 3.8) is 0 Å². The van der Waals surface area contributed by atoms with Crippen LogP contribution in [-0.4, -0.2) is 54.0 Å². The number of hydrogen-bond donors (Lipinski definition) is 0. The zero-order chi connectivity index (χ0) is 21.3. The number of likely N-dealkylation sites (N-methyl/N-ethyl adjacent to an activating group) is 1. The third-order valence-corrected chi connectivity index (χ3v) is 5.75. The number of aromatic nitrogens is 1. The third kappa shape index (κ3) is 3.35. The van der Waals surface area contributed by atoms with Crippen molar-refractivity contribution in [2.75, 3.05) is 33.3 Å². The van der Waals surface area contributed by atoms with E-state index in [4.69, 9.17) is 9.15 Å². The van der Waals surface area contributed by atoms with Gasteiger partial charge in [0, 0.05) is 31.5 Å². The Balaban J connectivity index is 1.86.